The second-order valence-electron chi connectivity index (χ2n) is 7.89. The molecule has 23 heavy (non-hydrogen) atoms. The number of rotatable bonds is 0. The van der Waals surface area contributed by atoms with E-state index in [1.807, 2.05) is 0 Å². The summed E-state index contributed by atoms with van der Waals surface area (Å²) in [6, 6.07) is 0. The van der Waals surface area contributed by atoms with Crippen molar-refractivity contribution in [2.75, 3.05) is 0 Å². The molecule has 8 nitrogen and oxygen atoms in total. The second kappa shape index (κ2) is 3.70. The minimum atomic E-state index is -1.78. The van der Waals surface area contributed by atoms with Gasteiger partial charge >= 0.3 is 17.9 Å². The van der Waals surface area contributed by atoms with Crippen LogP contribution in [0.5, 0.6) is 0 Å². The van der Waals surface area contributed by atoms with Gasteiger partial charge in [0.25, 0.3) is 6.29 Å². The van der Waals surface area contributed by atoms with E-state index >= 15 is 0 Å². The van der Waals surface area contributed by atoms with Crippen molar-refractivity contribution in [1.82, 2.24) is 0 Å². The van der Waals surface area contributed by atoms with E-state index in [1.54, 1.807) is 20.8 Å². The van der Waals surface area contributed by atoms with E-state index in [9.17, 15) is 24.6 Å². The Hall–Kier alpha value is -1.67. The van der Waals surface area contributed by atoms with Crippen molar-refractivity contribution >= 4 is 17.9 Å². The van der Waals surface area contributed by atoms with Crippen molar-refractivity contribution < 1.29 is 38.8 Å². The minimum Gasteiger partial charge on any atom is -0.461 e. The van der Waals surface area contributed by atoms with Crippen LogP contribution in [0.25, 0.3) is 0 Å². The van der Waals surface area contributed by atoms with Crippen molar-refractivity contribution in [3.63, 3.8) is 0 Å². The Morgan fingerprint density at radius 2 is 1.78 bits per heavy atom. The molecule has 3 heterocycles. The summed E-state index contributed by atoms with van der Waals surface area (Å²) in [5, 5.41) is 22.2. The quantitative estimate of drug-likeness (QED) is 0.558. The van der Waals surface area contributed by atoms with E-state index in [4.69, 9.17) is 14.2 Å². The molecule has 1 unspecified atom stereocenters. The van der Waals surface area contributed by atoms with Gasteiger partial charge in [0, 0.05) is 6.42 Å². The molecule has 4 aliphatic rings. The lowest BCUT2D eigenvalue weighted by molar-refractivity contribution is -0.224. The van der Waals surface area contributed by atoms with Gasteiger partial charge in [0.15, 0.2) is 6.10 Å². The van der Waals surface area contributed by atoms with Gasteiger partial charge in [-0.15, -0.1) is 0 Å². The average Bonchev–Trinajstić information content (AvgIpc) is 3.00. The summed E-state index contributed by atoms with van der Waals surface area (Å²) < 4.78 is 15.5. The van der Waals surface area contributed by atoms with E-state index in [2.05, 4.69) is 0 Å². The first-order chi connectivity index (χ1) is 10.5. The zero-order valence-corrected chi connectivity index (χ0v) is 13.0. The normalized spacial score (nSPS) is 51.0. The lowest BCUT2D eigenvalue weighted by atomic mass is 9.52. The summed E-state index contributed by atoms with van der Waals surface area (Å²) in [5.74, 6) is -2.36. The van der Waals surface area contributed by atoms with Crippen LogP contribution in [0.4, 0.5) is 0 Å². The fraction of sp³-hybridized carbons (Fsp3) is 0.800. The highest BCUT2D eigenvalue weighted by atomic mass is 16.7. The number of aliphatic hydroxyl groups excluding tert-OH is 1. The van der Waals surface area contributed by atoms with Crippen LogP contribution in [0.3, 0.4) is 0 Å². The third-order valence-corrected chi connectivity index (χ3v) is 6.22. The summed E-state index contributed by atoms with van der Waals surface area (Å²) in [6.45, 7) is 5.19. The van der Waals surface area contributed by atoms with Crippen LogP contribution < -0.4 is 0 Å². The largest absolute Gasteiger partial charge is 0.461 e. The molecule has 0 aromatic carbocycles. The van der Waals surface area contributed by atoms with Gasteiger partial charge in [-0.3, -0.25) is 9.59 Å². The van der Waals surface area contributed by atoms with Crippen LogP contribution in [0.15, 0.2) is 0 Å². The van der Waals surface area contributed by atoms with Gasteiger partial charge in [-0.1, -0.05) is 20.8 Å². The Kier molecular flexibility index (Phi) is 2.39. The van der Waals surface area contributed by atoms with Crippen LogP contribution in [-0.2, 0) is 28.6 Å². The molecule has 126 valence electrons. The summed E-state index contributed by atoms with van der Waals surface area (Å²) in [6.07, 6.45) is -4.58. The van der Waals surface area contributed by atoms with Crippen molar-refractivity contribution in [2.24, 2.45) is 16.2 Å². The molecule has 8 heteroatoms. The molecule has 0 bridgehead atoms. The Bertz CT molecular complexity index is 650. The number of carbonyl (C=O) groups excluding carboxylic acids is 3. The molecule has 1 saturated carbocycles. The number of hydrogen-bond donors (Lipinski definition) is 2. The SMILES string of the molecule is CC(C)(C)[C@]1(O)C[C@@H]2OC(=O)C[C@@]23C(=O)OC2OC(=O)[C@H](O)[C@]213. The Morgan fingerprint density at radius 3 is 2.39 bits per heavy atom. The molecule has 0 radical (unpaired) electrons. The number of ether oxygens (including phenoxy) is 3. The molecule has 6 atom stereocenters. The Labute approximate surface area is 131 Å². The van der Waals surface area contributed by atoms with Crippen LogP contribution in [0.1, 0.15) is 33.6 Å². The third-order valence-electron chi connectivity index (χ3n) is 6.22. The number of carbonyl (C=O) groups is 3. The van der Waals surface area contributed by atoms with Gasteiger partial charge in [-0.25, -0.2) is 4.79 Å². The maximum atomic E-state index is 12.6. The van der Waals surface area contributed by atoms with E-state index in [0.29, 0.717) is 0 Å². The molecule has 4 fully saturated rings. The fourth-order valence-corrected chi connectivity index (χ4v) is 5.15. The van der Waals surface area contributed by atoms with Crippen molar-refractivity contribution in [3.05, 3.63) is 0 Å². The third kappa shape index (κ3) is 1.20. The molecule has 3 aliphatic heterocycles. The zero-order valence-electron chi connectivity index (χ0n) is 13.0. The smallest absolute Gasteiger partial charge is 0.339 e. The first-order valence-electron chi connectivity index (χ1n) is 7.54. The summed E-state index contributed by atoms with van der Waals surface area (Å²) in [7, 11) is 0. The predicted molar refractivity (Wildman–Crippen MR) is 70.4 cm³/mol. The maximum absolute atomic E-state index is 12.6. The molecule has 2 N–H and O–H groups in total. The van der Waals surface area contributed by atoms with E-state index in [-0.39, 0.29) is 12.8 Å². The van der Waals surface area contributed by atoms with Crippen LogP contribution in [0.2, 0.25) is 0 Å². The fourth-order valence-electron chi connectivity index (χ4n) is 5.15. The first-order valence-corrected chi connectivity index (χ1v) is 7.54. The predicted octanol–water partition coefficient (Wildman–Crippen LogP) is -0.744. The van der Waals surface area contributed by atoms with E-state index in [1.165, 1.54) is 0 Å². The van der Waals surface area contributed by atoms with Gasteiger partial charge < -0.3 is 24.4 Å². The summed E-state index contributed by atoms with van der Waals surface area (Å²) in [5.41, 5.74) is -5.91. The molecule has 2 spiro atoms. The number of hydrogen-bond acceptors (Lipinski definition) is 8. The summed E-state index contributed by atoms with van der Waals surface area (Å²) >= 11 is 0. The number of aliphatic hydroxyl groups is 2. The van der Waals surface area contributed by atoms with Crippen LogP contribution in [0, 0.1) is 16.2 Å². The Balaban J connectivity index is 2.05. The lowest BCUT2D eigenvalue weighted by Crippen LogP contribution is -2.65. The summed E-state index contributed by atoms with van der Waals surface area (Å²) in [4.78, 5) is 36.5. The molecular weight excluding hydrogens is 308 g/mol. The molecule has 0 aromatic heterocycles. The topological polar surface area (TPSA) is 119 Å². The first kappa shape index (κ1) is 14.9. The highest BCUT2D eigenvalue weighted by Gasteiger charge is 2.92. The lowest BCUT2D eigenvalue weighted by Gasteiger charge is -2.49. The zero-order chi connectivity index (χ0) is 17.0. The van der Waals surface area contributed by atoms with Crippen LogP contribution >= 0.6 is 0 Å². The van der Waals surface area contributed by atoms with Gasteiger partial charge in [0.2, 0.25) is 0 Å². The minimum absolute atomic E-state index is 0.0679. The molecule has 4 rings (SSSR count). The molecule has 0 amide bonds. The van der Waals surface area contributed by atoms with Gasteiger partial charge in [0.05, 0.1) is 12.0 Å². The highest BCUT2D eigenvalue weighted by molar-refractivity contribution is 5.94. The highest BCUT2D eigenvalue weighted by Crippen LogP contribution is 2.75. The standard InChI is InChI=1S/C15H18O8/c1-12(2,3)14(20)4-6-13(5-7(16)21-6)10(19)23-11-15(13,14)8(17)9(18)22-11/h6,8,11,17,20H,4-5H2,1-3H3/t6-,8-,11?,13-,14+,15+/m0/s1. The maximum Gasteiger partial charge on any atom is 0.339 e. The molecular formula is C15H18O8. The van der Waals surface area contributed by atoms with E-state index < -0.39 is 58.3 Å². The second-order valence-corrected chi connectivity index (χ2v) is 7.89. The van der Waals surface area contributed by atoms with Gasteiger partial charge in [0.1, 0.15) is 16.9 Å². The number of esters is 3. The van der Waals surface area contributed by atoms with E-state index in [0.717, 1.165) is 0 Å². The van der Waals surface area contributed by atoms with Gasteiger partial charge in [-0.2, -0.15) is 0 Å². The van der Waals surface area contributed by atoms with Crippen molar-refractivity contribution in [2.45, 2.75) is 57.7 Å². The molecule has 3 saturated heterocycles. The molecule has 0 aromatic rings. The van der Waals surface area contributed by atoms with Gasteiger partial charge in [-0.05, 0) is 5.41 Å². The van der Waals surface area contributed by atoms with Crippen molar-refractivity contribution in [1.29, 1.82) is 0 Å². The Morgan fingerprint density at radius 1 is 1.13 bits per heavy atom. The van der Waals surface area contributed by atoms with Crippen LogP contribution in [-0.4, -0.2) is 52.2 Å². The van der Waals surface area contributed by atoms with Crippen molar-refractivity contribution in [3.8, 4) is 0 Å². The average molecular weight is 326 g/mol. The molecule has 1 aliphatic carbocycles. The monoisotopic (exact) mass is 326 g/mol.